The molecule has 1 fully saturated rings. The molecule has 1 aromatic carbocycles. The number of hydrogen-bond acceptors (Lipinski definition) is 5. The van der Waals surface area contributed by atoms with E-state index < -0.39 is 5.97 Å². The highest BCUT2D eigenvalue weighted by Gasteiger charge is 2.22. The van der Waals surface area contributed by atoms with Crippen LogP contribution in [0.3, 0.4) is 0 Å². The zero-order valence-corrected chi connectivity index (χ0v) is 14.5. The Bertz CT molecular complexity index is 667. The van der Waals surface area contributed by atoms with Crippen LogP contribution in [0.2, 0.25) is 0 Å². The minimum atomic E-state index is -0.769. The van der Waals surface area contributed by atoms with Gasteiger partial charge in [-0.15, -0.1) is 12.4 Å². The van der Waals surface area contributed by atoms with Crippen molar-refractivity contribution in [3.63, 3.8) is 0 Å². The Hall–Kier alpha value is -2.15. The second-order valence-corrected chi connectivity index (χ2v) is 5.64. The van der Waals surface area contributed by atoms with Crippen molar-refractivity contribution in [2.24, 2.45) is 0 Å². The van der Waals surface area contributed by atoms with Gasteiger partial charge in [-0.25, -0.2) is 4.98 Å². The molecule has 6 nitrogen and oxygen atoms in total. The van der Waals surface area contributed by atoms with Crippen molar-refractivity contribution in [1.82, 2.24) is 9.88 Å². The topological polar surface area (TPSA) is 71.9 Å². The summed E-state index contributed by atoms with van der Waals surface area (Å²) in [5.41, 5.74) is 1.06. The van der Waals surface area contributed by atoms with Crippen LogP contribution >= 0.6 is 12.4 Å². The predicted octanol–water partition coefficient (Wildman–Crippen LogP) is 3.14. The molecule has 2 heterocycles. The van der Waals surface area contributed by atoms with Gasteiger partial charge in [0, 0.05) is 31.9 Å². The van der Waals surface area contributed by atoms with Gasteiger partial charge in [0.15, 0.2) is 0 Å². The summed E-state index contributed by atoms with van der Waals surface area (Å²) in [5, 5.41) is 8.80. The zero-order chi connectivity index (χ0) is 16.8. The molecule has 1 atom stereocenters. The minimum Gasteiger partial charge on any atom is -0.481 e. The molecule has 1 N–H and O–H groups in total. The predicted molar refractivity (Wildman–Crippen MR) is 95.4 cm³/mol. The van der Waals surface area contributed by atoms with Crippen LogP contribution in [0.5, 0.6) is 11.6 Å². The van der Waals surface area contributed by atoms with E-state index in [1.807, 2.05) is 36.4 Å². The van der Waals surface area contributed by atoms with Crippen LogP contribution in [0.15, 0.2) is 48.7 Å². The van der Waals surface area contributed by atoms with Crippen molar-refractivity contribution < 1.29 is 19.4 Å². The van der Waals surface area contributed by atoms with E-state index in [9.17, 15) is 4.79 Å². The lowest BCUT2D eigenvalue weighted by atomic mass is 10.1. The Morgan fingerprint density at radius 2 is 2.08 bits per heavy atom. The van der Waals surface area contributed by atoms with Gasteiger partial charge < -0.3 is 14.6 Å². The van der Waals surface area contributed by atoms with E-state index in [0.717, 1.165) is 17.9 Å². The van der Waals surface area contributed by atoms with Crippen molar-refractivity contribution in [2.75, 3.05) is 26.2 Å². The highest BCUT2D eigenvalue weighted by Crippen LogP contribution is 2.26. The van der Waals surface area contributed by atoms with Gasteiger partial charge in [0.25, 0.3) is 0 Å². The molecule has 0 spiro atoms. The quantitative estimate of drug-likeness (QED) is 0.849. The first kappa shape index (κ1) is 19.2. The van der Waals surface area contributed by atoms with Gasteiger partial charge in [0.2, 0.25) is 5.88 Å². The van der Waals surface area contributed by atoms with Gasteiger partial charge in [-0.2, -0.15) is 0 Å². The van der Waals surface area contributed by atoms with E-state index in [-0.39, 0.29) is 24.9 Å². The van der Waals surface area contributed by atoms with Crippen LogP contribution < -0.4 is 4.74 Å². The monoisotopic (exact) mass is 364 g/mol. The summed E-state index contributed by atoms with van der Waals surface area (Å²) in [4.78, 5) is 17.0. The fraction of sp³-hybridized carbons (Fsp3) is 0.333. The fourth-order valence-electron chi connectivity index (χ4n) is 2.64. The number of carboxylic acid groups (broad SMARTS) is 1. The molecule has 1 aliphatic rings. The van der Waals surface area contributed by atoms with Gasteiger partial charge in [0.1, 0.15) is 5.75 Å². The minimum absolute atomic E-state index is 0. The largest absolute Gasteiger partial charge is 0.481 e. The number of halogens is 1. The Balaban J connectivity index is 0.00000225. The number of aliphatic carboxylic acids is 1. The van der Waals surface area contributed by atoms with E-state index in [4.69, 9.17) is 14.6 Å². The highest BCUT2D eigenvalue weighted by molar-refractivity contribution is 5.85. The molecule has 0 amide bonds. The van der Waals surface area contributed by atoms with Crippen molar-refractivity contribution in [3.05, 3.63) is 54.2 Å². The summed E-state index contributed by atoms with van der Waals surface area (Å²) in [5.74, 6) is 0.504. The molecule has 0 bridgehead atoms. The number of ether oxygens (including phenoxy) is 2. The van der Waals surface area contributed by atoms with E-state index in [1.165, 1.54) is 0 Å². The van der Waals surface area contributed by atoms with Crippen molar-refractivity contribution >= 4 is 18.4 Å². The average Bonchev–Trinajstić information content (AvgIpc) is 2.62. The lowest BCUT2D eigenvalue weighted by Gasteiger charge is -2.32. The Morgan fingerprint density at radius 1 is 1.28 bits per heavy atom. The number of nitrogens with zero attached hydrogens (tertiary/aromatic N) is 2. The number of benzene rings is 1. The molecule has 1 saturated heterocycles. The van der Waals surface area contributed by atoms with E-state index in [1.54, 1.807) is 12.3 Å². The van der Waals surface area contributed by atoms with Crippen molar-refractivity contribution in [1.29, 1.82) is 0 Å². The number of morpholine rings is 1. The smallest absolute Gasteiger partial charge is 0.304 e. The van der Waals surface area contributed by atoms with Crippen LogP contribution in [0.4, 0.5) is 0 Å². The number of aromatic nitrogens is 1. The van der Waals surface area contributed by atoms with Crippen LogP contribution in [0, 0.1) is 0 Å². The normalized spacial score (nSPS) is 17.5. The van der Waals surface area contributed by atoms with Crippen LogP contribution in [-0.2, 0) is 9.53 Å². The molecule has 1 aliphatic heterocycles. The third kappa shape index (κ3) is 5.70. The molecule has 0 radical (unpaired) electrons. The number of hydrogen-bond donors (Lipinski definition) is 1. The van der Waals surface area contributed by atoms with Crippen molar-refractivity contribution in [2.45, 2.75) is 12.5 Å². The van der Waals surface area contributed by atoms with Gasteiger partial charge in [-0.05, 0) is 23.8 Å². The summed E-state index contributed by atoms with van der Waals surface area (Å²) in [6, 6.07) is 13.3. The Kier molecular flexibility index (Phi) is 7.18. The van der Waals surface area contributed by atoms with Crippen LogP contribution in [0.25, 0.3) is 0 Å². The molecule has 0 aliphatic carbocycles. The molecular weight excluding hydrogens is 344 g/mol. The van der Waals surface area contributed by atoms with Gasteiger partial charge in [-0.3, -0.25) is 9.69 Å². The Morgan fingerprint density at radius 3 is 2.76 bits per heavy atom. The first-order valence-corrected chi connectivity index (χ1v) is 7.95. The average molecular weight is 365 g/mol. The molecule has 134 valence electrons. The third-order valence-electron chi connectivity index (χ3n) is 3.90. The molecule has 25 heavy (non-hydrogen) atoms. The lowest BCUT2D eigenvalue weighted by molar-refractivity contribution is -0.137. The molecule has 2 aromatic rings. The summed E-state index contributed by atoms with van der Waals surface area (Å²) in [6.07, 6.45) is 1.80. The number of carbonyl (C=O) groups is 1. The zero-order valence-electron chi connectivity index (χ0n) is 13.7. The molecule has 1 aromatic heterocycles. The summed E-state index contributed by atoms with van der Waals surface area (Å²) in [7, 11) is 0. The number of pyridine rings is 1. The standard InChI is InChI=1S/C18H20N2O4.ClH/c21-18(22)8-10-20-11-12-23-16(13-20)14-4-6-15(7-5-14)24-17-3-1-2-9-19-17;/h1-7,9,16H,8,10-13H2,(H,21,22);1H. The van der Waals surface area contributed by atoms with E-state index in [0.29, 0.717) is 25.6 Å². The molecule has 7 heteroatoms. The van der Waals surface area contributed by atoms with Crippen molar-refractivity contribution in [3.8, 4) is 11.6 Å². The molecular formula is C18H21ClN2O4. The molecule has 3 rings (SSSR count). The maximum atomic E-state index is 10.7. The van der Waals surface area contributed by atoms with Crippen LogP contribution in [-0.4, -0.2) is 47.2 Å². The SMILES string of the molecule is Cl.O=C(O)CCN1CCOC(c2ccc(Oc3ccccn3)cc2)C1. The summed E-state index contributed by atoms with van der Waals surface area (Å²) < 4.78 is 11.5. The van der Waals surface area contributed by atoms with E-state index in [2.05, 4.69) is 9.88 Å². The first-order valence-electron chi connectivity index (χ1n) is 7.95. The van der Waals surface area contributed by atoms with Crippen LogP contribution in [0.1, 0.15) is 18.1 Å². The first-order chi connectivity index (χ1) is 11.7. The molecule has 1 unspecified atom stereocenters. The molecule has 0 saturated carbocycles. The van der Waals surface area contributed by atoms with Gasteiger partial charge in [0.05, 0.1) is 19.1 Å². The fourth-order valence-corrected chi connectivity index (χ4v) is 2.64. The summed E-state index contributed by atoms with van der Waals surface area (Å²) in [6.45, 7) is 2.63. The number of rotatable bonds is 6. The van der Waals surface area contributed by atoms with E-state index >= 15 is 0 Å². The maximum Gasteiger partial charge on any atom is 0.304 e. The Labute approximate surface area is 152 Å². The highest BCUT2D eigenvalue weighted by atomic mass is 35.5. The van der Waals surface area contributed by atoms with Gasteiger partial charge >= 0.3 is 5.97 Å². The maximum absolute atomic E-state index is 10.7. The second kappa shape index (κ2) is 9.36. The second-order valence-electron chi connectivity index (χ2n) is 5.64. The third-order valence-corrected chi connectivity index (χ3v) is 3.90. The lowest BCUT2D eigenvalue weighted by Crippen LogP contribution is -2.39. The van der Waals surface area contributed by atoms with Gasteiger partial charge in [-0.1, -0.05) is 18.2 Å². The summed E-state index contributed by atoms with van der Waals surface area (Å²) >= 11 is 0. The number of carboxylic acids is 1.